The van der Waals surface area contributed by atoms with Gasteiger partial charge in [-0.2, -0.15) is 0 Å². The van der Waals surface area contributed by atoms with Crippen LogP contribution in [-0.2, 0) is 9.59 Å². The van der Waals surface area contributed by atoms with Crippen LogP contribution in [0.25, 0.3) is 0 Å². The zero-order valence-electron chi connectivity index (χ0n) is 12.9. The minimum atomic E-state index is -0.316. The predicted molar refractivity (Wildman–Crippen MR) is 78.2 cm³/mol. The van der Waals surface area contributed by atoms with Crippen LogP contribution in [0.1, 0.15) is 33.6 Å². The molecule has 5 nitrogen and oxygen atoms in total. The van der Waals surface area contributed by atoms with Gasteiger partial charge in [-0.05, 0) is 18.8 Å². The van der Waals surface area contributed by atoms with Crippen molar-refractivity contribution in [3.05, 3.63) is 0 Å². The van der Waals surface area contributed by atoms with E-state index in [-0.39, 0.29) is 17.2 Å². The molecule has 1 heterocycles. The Labute approximate surface area is 121 Å². The maximum atomic E-state index is 12.2. The van der Waals surface area contributed by atoms with Gasteiger partial charge in [0.2, 0.25) is 11.8 Å². The van der Waals surface area contributed by atoms with Gasteiger partial charge in [-0.3, -0.25) is 14.5 Å². The average molecular weight is 281 g/mol. The van der Waals surface area contributed by atoms with Crippen LogP contribution in [0, 0.1) is 11.3 Å². The third kappa shape index (κ3) is 4.47. The highest BCUT2D eigenvalue weighted by Crippen LogP contribution is 2.27. The molecule has 0 aromatic carbocycles. The molecule has 2 rings (SSSR count). The molecule has 20 heavy (non-hydrogen) atoms. The maximum Gasteiger partial charge on any atom is 0.234 e. The quantitative estimate of drug-likeness (QED) is 0.825. The fraction of sp³-hybridized carbons (Fsp3) is 0.867. The van der Waals surface area contributed by atoms with Crippen LogP contribution in [0.2, 0.25) is 0 Å². The van der Waals surface area contributed by atoms with E-state index in [2.05, 4.69) is 10.2 Å². The van der Waals surface area contributed by atoms with Crippen molar-refractivity contribution < 1.29 is 9.59 Å². The Hall–Kier alpha value is -1.10. The van der Waals surface area contributed by atoms with E-state index in [0.29, 0.717) is 6.54 Å². The van der Waals surface area contributed by atoms with Gasteiger partial charge in [0.05, 0.1) is 6.54 Å². The van der Waals surface area contributed by atoms with E-state index in [9.17, 15) is 9.59 Å². The summed E-state index contributed by atoms with van der Waals surface area (Å²) in [6.07, 6.45) is 2.52. The molecule has 1 saturated heterocycles. The van der Waals surface area contributed by atoms with Crippen molar-refractivity contribution in [1.82, 2.24) is 15.1 Å². The lowest BCUT2D eigenvalue weighted by atomic mass is 9.94. The van der Waals surface area contributed by atoms with Gasteiger partial charge < -0.3 is 10.2 Å². The molecule has 0 aromatic heterocycles. The average Bonchev–Trinajstić information content (AvgIpc) is 3.19. The summed E-state index contributed by atoms with van der Waals surface area (Å²) in [5, 5.41) is 2.99. The van der Waals surface area contributed by atoms with Gasteiger partial charge in [0.1, 0.15) is 0 Å². The summed E-state index contributed by atoms with van der Waals surface area (Å²) < 4.78 is 0. The normalized spacial score (nSPS) is 20.9. The van der Waals surface area contributed by atoms with Crippen LogP contribution < -0.4 is 5.32 Å². The van der Waals surface area contributed by atoms with Gasteiger partial charge in [-0.15, -0.1) is 0 Å². The summed E-state index contributed by atoms with van der Waals surface area (Å²) in [7, 11) is 0. The molecule has 1 saturated carbocycles. The van der Waals surface area contributed by atoms with Gasteiger partial charge in [0.15, 0.2) is 0 Å². The van der Waals surface area contributed by atoms with Crippen molar-refractivity contribution in [3.63, 3.8) is 0 Å². The van der Waals surface area contributed by atoms with E-state index >= 15 is 0 Å². The highest BCUT2D eigenvalue weighted by molar-refractivity contribution is 5.81. The predicted octanol–water partition coefficient (Wildman–Crippen LogP) is 0.703. The van der Waals surface area contributed by atoms with Gasteiger partial charge in [0, 0.05) is 38.1 Å². The number of amides is 2. The Morgan fingerprint density at radius 3 is 2.20 bits per heavy atom. The number of nitrogens with one attached hydrogen (secondary N) is 1. The van der Waals surface area contributed by atoms with Crippen molar-refractivity contribution in [2.24, 2.45) is 11.3 Å². The highest BCUT2D eigenvalue weighted by Gasteiger charge is 2.30. The highest BCUT2D eigenvalue weighted by atomic mass is 16.2. The molecule has 0 spiro atoms. The molecule has 1 aliphatic heterocycles. The first-order valence-electron chi connectivity index (χ1n) is 7.64. The minimum absolute atomic E-state index is 0.118. The zero-order chi connectivity index (χ0) is 14.8. The van der Waals surface area contributed by atoms with Crippen molar-refractivity contribution >= 4 is 11.8 Å². The van der Waals surface area contributed by atoms with Crippen molar-refractivity contribution in [3.8, 4) is 0 Å². The fourth-order valence-corrected chi connectivity index (χ4v) is 2.42. The molecule has 0 radical (unpaired) electrons. The molecule has 2 amide bonds. The third-order valence-electron chi connectivity index (χ3n) is 3.95. The van der Waals surface area contributed by atoms with Crippen LogP contribution in [0.3, 0.4) is 0 Å². The number of hydrogen-bond acceptors (Lipinski definition) is 3. The smallest absolute Gasteiger partial charge is 0.234 e. The molecule has 2 aliphatic rings. The molecule has 1 N–H and O–H groups in total. The van der Waals surface area contributed by atoms with Crippen molar-refractivity contribution in [2.45, 2.75) is 33.6 Å². The first-order chi connectivity index (χ1) is 9.36. The molecule has 1 aliphatic carbocycles. The van der Waals surface area contributed by atoms with Crippen molar-refractivity contribution in [1.29, 1.82) is 0 Å². The molecule has 0 aromatic rings. The number of hydrogen-bond donors (Lipinski definition) is 1. The monoisotopic (exact) mass is 281 g/mol. The fourth-order valence-electron chi connectivity index (χ4n) is 2.42. The third-order valence-corrected chi connectivity index (χ3v) is 3.95. The Balaban J connectivity index is 1.68. The van der Waals surface area contributed by atoms with Gasteiger partial charge in [-0.25, -0.2) is 0 Å². The van der Waals surface area contributed by atoms with Crippen LogP contribution in [0.4, 0.5) is 0 Å². The molecule has 0 atom stereocenters. The molecule has 0 bridgehead atoms. The standard InChI is InChI=1S/C15H27N3O2/c1-15(2,3)14(20)18-8-6-17(7-9-18)11-13(19)16-10-12-4-5-12/h12H,4-11H2,1-3H3,(H,16,19). The van der Waals surface area contributed by atoms with Crippen LogP contribution in [-0.4, -0.2) is 60.9 Å². The summed E-state index contributed by atoms with van der Waals surface area (Å²) in [6, 6.07) is 0. The summed E-state index contributed by atoms with van der Waals surface area (Å²) in [6.45, 7) is 10.2. The van der Waals surface area contributed by atoms with E-state index in [1.165, 1.54) is 12.8 Å². The van der Waals surface area contributed by atoms with Crippen LogP contribution in [0.15, 0.2) is 0 Å². The number of piperazine rings is 1. The van der Waals surface area contributed by atoms with Crippen molar-refractivity contribution in [2.75, 3.05) is 39.3 Å². The largest absolute Gasteiger partial charge is 0.355 e. The molecule has 2 fully saturated rings. The lowest BCUT2D eigenvalue weighted by molar-refractivity contribution is -0.141. The summed E-state index contributed by atoms with van der Waals surface area (Å²) in [5.41, 5.74) is -0.316. The Kier molecular flexibility index (Phi) is 4.68. The lowest BCUT2D eigenvalue weighted by Gasteiger charge is -2.37. The van der Waals surface area contributed by atoms with E-state index in [4.69, 9.17) is 0 Å². The lowest BCUT2D eigenvalue weighted by Crippen LogP contribution is -2.53. The summed E-state index contributed by atoms with van der Waals surface area (Å²) in [4.78, 5) is 28.0. The SMILES string of the molecule is CC(C)(C)C(=O)N1CCN(CC(=O)NCC2CC2)CC1. The van der Waals surface area contributed by atoms with E-state index in [1.54, 1.807) is 0 Å². The number of rotatable bonds is 4. The van der Waals surface area contributed by atoms with Crippen LogP contribution >= 0.6 is 0 Å². The maximum absolute atomic E-state index is 12.2. The molecule has 114 valence electrons. The topological polar surface area (TPSA) is 52.7 Å². The molecular formula is C15H27N3O2. The summed E-state index contributed by atoms with van der Waals surface area (Å²) >= 11 is 0. The first kappa shape index (κ1) is 15.3. The van der Waals surface area contributed by atoms with Gasteiger partial charge >= 0.3 is 0 Å². The minimum Gasteiger partial charge on any atom is -0.355 e. The van der Waals surface area contributed by atoms with Gasteiger partial charge in [0.25, 0.3) is 0 Å². The van der Waals surface area contributed by atoms with E-state index in [1.807, 2.05) is 25.7 Å². The number of nitrogens with zero attached hydrogens (tertiary/aromatic N) is 2. The Bertz CT molecular complexity index is 364. The second kappa shape index (κ2) is 6.12. The van der Waals surface area contributed by atoms with E-state index in [0.717, 1.165) is 38.6 Å². The number of carbonyl (C=O) groups is 2. The van der Waals surface area contributed by atoms with Gasteiger partial charge in [-0.1, -0.05) is 20.8 Å². The second-order valence-corrected chi connectivity index (χ2v) is 7.07. The van der Waals surface area contributed by atoms with Crippen LogP contribution in [0.5, 0.6) is 0 Å². The second-order valence-electron chi connectivity index (χ2n) is 7.07. The molecule has 5 heteroatoms. The molecular weight excluding hydrogens is 254 g/mol. The van der Waals surface area contributed by atoms with E-state index < -0.39 is 0 Å². The first-order valence-corrected chi connectivity index (χ1v) is 7.64. The molecule has 0 unspecified atom stereocenters. The number of carbonyl (C=O) groups excluding carboxylic acids is 2. The zero-order valence-corrected chi connectivity index (χ0v) is 12.9. The summed E-state index contributed by atoms with van der Waals surface area (Å²) in [5.74, 6) is 1.04. The Morgan fingerprint density at radius 2 is 1.70 bits per heavy atom. The Morgan fingerprint density at radius 1 is 1.10 bits per heavy atom.